The number of rotatable bonds is 4. The van der Waals surface area contributed by atoms with E-state index >= 15 is 0 Å². The van der Waals surface area contributed by atoms with Crippen molar-refractivity contribution in [2.45, 2.75) is 19.4 Å². The Kier molecular flexibility index (Phi) is 3.94. The number of carboxylic acids is 1. The summed E-state index contributed by atoms with van der Waals surface area (Å²) in [5.74, 6) is -1.45. The first-order chi connectivity index (χ1) is 9.06. The summed E-state index contributed by atoms with van der Waals surface area (Å²) in [6.45, 7) is 0.937. The van der Waals surface area contributed by atoms with E-state index in [-0.39, 0.29) is 12.5 Å². The molecule has 1 aliphatic rings. The maximum absolute atomic E-state index is 13.8. The average molecular weight is 263 g/mol. The van der Waals surface area contributed by atoms with Crippen molar-refractivity contribution in [3.63, 3.8) is 0 Å². The Balaban J connectivity index is 2.10. The van der Waals surface area contributed by atoms with Crippen LogP contribution in [0.1, 0.15) is 24.0 Å². The Morgan fingerprint density at radius 3 is 2.84 bits per heavy atom. The van der Waals surface area contributed by atoms with E-state index in [9.17, 15) is 14.0 Å². The highest BCUT2D eigenvalue weighted by Gasteiger charge is 2.21. The van der Waals surface area contributed by atoms with Crippen LogP contribution in [0.3, 0.4) is 0 Å². The van der Waals surface area contributed by atoms with Gasteiger partial charge >= 0.3 is 5.97 Å². The highest BCUT2D eigenvalue weighted by atomic mass is 19.1. The van der Waals surface area contributed by atoms with Crippen molar-refractivity contribution in [1.29, 1.82) is 0 Å². The standard InChI is InChI=1S/C14H14FNO3/c15-12-8-10(4-6-14(18)19)3-5-11(12)9-16-7-1-2-13(16)17/h3-6,8H,1-2,7,9H2,(H,18,19)/b6-4+. The summed E-state index contributed by atoms with van der Waals surface area (Å²) in [7, 11) is 0. The molecule has 4 nitrogen and oxygen atoms in total. The molecule has 0 saturated carbocycles. The Hall–Kier alpha value is -2.17. The largest absolute Gasteiger partial charge is 0.478 e. The van der Waals surface area contributed by atoms with Crippen LogP contribution in [-0.2, 0) is 16.1 Å². The normalized spacial score (nSPS) is 15.4. The van der Waals surface area contributed by atoms with Gasteiger partial charge in [0.05, 0.1) is 0 Å². The van der Waals surface area contributed by atoms with Crippen molar-refractivity contribution in [2.24, 2.45) is 0 Å². The average Bonchev–Trinajstić information content (AvgIpc) is 2.75. The quantitative estimate of drug-likeness (QED) is 0.846. The third-order valence-electron chi connectivity index (χ3n) is 3.03. The third-order valence-corrected chi connectivity index (χ3v) is 3.03. The Morgan fingerprint density at radius 1 is 1.47 bits per heavy atom. The maximum Gasteiger partial charge on any atom is 0.328 e. The molecule has 1 aromatic rings. The van der Waals surface area contributed by atoms with Gasteiger partial charge in [0.25, 0.3) is 0 Å². The molecule has 0 atom stereocenters. The van der Waals surface area contributed by atoms with Gasteiger partial charge in [-0.1, -0.05) is 12.1 Å². The van der Waals surface area contributed by atoms with Crippen LogP contribution in [0.15, 0.2) is 24.3 Å². The van der Waals surface area contributed by atoms with Crippen molar-refractivity contribution < 1.29 is 19.1 Å². The third kappa shape index (κ3) is 3.40. The Labute approximate surface area is 110 Å². The number of carbonyl (C=O) groups is 2. The van der Waals surface area contributed by atoms with Crippen molar-refractivity contribution >= 4 is 18.0 Å². The van der Waals surface area contributed by atoms with E-state index in [0.717, 1.165) is 12.5 Å². The van der Waals surface area contributed by atoms with Gasteiger partial charge in [0.15, 0.2) is 0 Å². The van der Waals surface area contributed by atoms with Gasteiger partial charge in [0, 0.05) is 31.1 Å². The monoisotopic (exact) mass is 263 g/mol. The van der Waals surface area contributed by atoms with Gasteiger partial charge in [-0.05, 0) is 24.1 Å². The highest BCUT2D eigenvalue weighted by molar-refractivity contribution is 5.85. The minimum atomic E-state index is -1.08. The van der Waals surface area contributed by atoms with Gasteiger partial charge in [-0.3, -0.25) is 4.79 Å². The Bertz CT molecular complexity index is 539. The highest BCUT2D eigenvalue weighted by Crippen LogP contribution is 2.18. The van der Waals surface area contributed by atoms with Crippen LogP contribution in [0.5, 0.6) is 0 Å². The van der Waals surface area contributed by atoms with Gasteiger partial charge in [0.1, 0.15) is 5.82 Å². The number of halogens is 1. The first-order valence-corrected chi connectivity index (χ1v) is 6.03. The van der Waals surface area contributed by atoms with Gasteiger partial charge in [-0.25, -0.2) is 9.18 Å². The minimum absolute atomic E-state index is 0.0502. The summed E-state index contributed by atoms with van der Waals surface area (Å²) >= 11 is 0. The van der Waals surface area contributed by atoms with Gasteiger partial charge in [-0.2, -0.15) is 0 Å². The molecule has 0 aliphatic carbocycles. The molecule has 0 unspecified atom stereocenters. The minimum Gasteiger partial charge on any atom is -0.478 e. The topological polar surface area (TPSA) is 57.6 Å². The molecule has 1 heterocycles. The summed E-state index contributed by atoms with van der Waals surface area (Å²) in [6.07, 6.45) is 3.63. The number of likely N-dealkylation sites (tertiary alicyclic amines) is 1. The molecule has 100 valence electrons. The fourth-order valence-corrected chi connectivity index (χ4v) is 2.04. The van der Waals surface area contributed by atoms with Crippen LogP contribution in [0.4, 0.5) is 4.39 Å². The maximum atomic E-state index is 13.8. The zero-order chi connectivity index (χ0) is 13.8. The number of amides is 1. The number of nitrogens with zero attached hydrogens (tertiary/aromatic N) is 1. The zero-order valence-corrected chi connectivity index (χ0v) is 10.3. The van der Waals surface area contributed by atoms with Crippen LogP contribution in [0.2, 0.25) is 0 Å². The lowest BCUT2D eigenvalue weighted by molar-refractivity contribution is -0.131. The van der Waals surface area contributed by atoms with Crippen molar-refractivity contribution in [3.8, 4) is 0 Å². The molecule has 1 saturated heterocycles. The van der Waals surface area contributed by atoms with Crippen molar-refractivity contribution in [2.75, 3.05) is 6.54 Å². The second kappa shape index (κ2) is 5.65. The summed E-state index contributed by atoms with van der Waals surface area (Å²) < 4.78 is 13.8. The zero-order valence-electron chi connectivity index (χ0n) is 10.3. The van der Waals surface area contributed by atoms with E-state index in [0.29, 0.717) is 24.1 Å². The van der Waals surface area contributed by atoms with E-state index in [4.69, 9.17) is 5.11 Å². The second-order valence-corrected chi connectivity index (χ2v) is 4.44. The molecule has 1 aromatic carbocycles. The number of hydrogen-bond acceptors (Lipinski definition) is 2. The lowest BCUT2D eigenvalue weighted by Gasteiger charge is -2.16. The molecule has 19 heavy (non-hydrogen) atoms. The fraction of sp³-hybridized carbons (Fsp3) is 0.286. The van der Waals surface area contributed by atoms with Crippen LogP contribution in [0.25, 0.3) is 6.08 Å². The second-order valence-electron chi connectivity index (χ2n) is 4.44. The van der Waals surface area contributed by atoms with Crippen LogP contribution in [-0.4, -0.2) is 28.4 Å². The molecular weight excluding hydrogens is 249 g/mol. The van der Waals surface area contributed by atoms with E-state index in [1.165, 1.54) is 12.1 Å². The van der Waals surface area contributed by atoms with E-state index in [1.54, 1.807) is 17.0 Å². The molecule has 0 radical (unpaired) electrons. The summed E-state index contributed by atoms with van der Waals surface area (Å²) in [5, 5.41) is 8.49. The predicted octanol–water partition coefficient (Wildman–Crippen LogP) is 2.05. The summed E-state index contributed by atoms with van der Waals surface area (Å²) in [4.78, 5) is 23.5. The molecule has 5 heteroatoms. The lowest BCUT2D eigenvalue weighted by atomic mass is 10.1. The van der Waals surface area contributed by atoms with Gasteiger partial charge in [0.2, 0.25) is 5.91 Å². The molecule has 1 fully saturated rings. The molecule has 2 rings (SSSR count). The van der Waals surface area contributed by atoms with Gasteiger partial charge < -0.3 is 10.0 Å². The Morgan fingerprint density at radius 2 is 2.26 bits per heavy atom. The molecule has 1 N–H and O–H groups in total. The summed E-state index contributed by atoms with van der Waals surface area (Å²) in [6, 6.07) is 4.50. The number of hydrogen-bond donors (Lipinski definition) is 1. The number of benzene rings is 1. The number of carboxylic acid groups (broad SMARTS) is 1. The van der Waals surface area contributed by atoms with Crippen LogP contribution >= 0.6 is 0 Å². The first-order valence-electron chi connectivity index (χ1n) is 6.03. The van der Waals surface area contributed by atoms with E-state index in [2.05, 4.69) is 0 Å². The van der Waals surface area contributed by atoms with Crippen molar-refractivity contribution in [1.82, 2.24) is 4.90 Å². The summed E-state index contributed by atoms with van der Waals surface area (Å²) in [5.41, 5.74) is 0.930. The number of aliphatic carboxylic acids is 1. The lowest BCUT2D eigenvalue weighted by Crippen LogP contribution is -2.24. The molecule has 1 amide bonds. The molecule has 0 bridgehead atoms. The number of carbonyl (C=O) groups excluding carboxylic acids is 1. The molecule has 1 aliphatic heterocycles. The van der Waals surface area contributed by atoms with E-state index in [1.807, 2.05) is 0 Å². The first kappa shape index (κ1) is 13.3. The smallest absolute Gasteiger partial charge is 0.328 e. The molecule has 0 spiro atoms. The SMILES string of the molecule is O=C(O)/C=C/c1ccc(CN2CCCC2=O)c(F)c1. The van der Waals surface area contributed by atoms with E-state index < -0.39 is 11.8 Å². The molecular formula is C14H14FNO3. The molecule has 0 aromatic heterocycles. The van der Waals surface area contributed by atoms with Crippen molar-refractivity contribution in [3.05, 3.63) is 41.2 Å². The fourth-order valence-electron chi connectivity index (χ4n) is 2.04. The predicted molar refractivity (Wildman–Crippen MR) is 67.7 cm³/mol. The van der Waals surface area contributed by atoms with Crippen LogP contribution < -0.4 is 0 Å². The van der Waals surface area contributed by atoms with Crippen LogP contribution in [0, 0.1) is 5.82 Å². The van der Waals surface area contributed by atoms with Gasteiger partial charge in [-0.15, -0.1) is 0 Å².